The van der Waals surface area contributed by atoms with Crippen LogP contribution in [0, 0.1) is 35.5 Å². The number of methoxy groups -OCH3 is 2. The van der Waals surface area contributed by atoms with Gasteiger partial charge in [-0.15, -0.1) is 0 Å². The van der Waals surface area contributed by atoms with Gasteiger partial charge in [-0.05, 0) is 168 Å². The summed E-state index contributed by atoms with van der Waals surface area (Å²) in [5.41, 5.74) is 24.5. The number of nitrogens with zero attached hydrogens (tertiary/aromatic N) is 6. The van der Waals surface area contributed by atoms with E-state index in [0.29, 0.717) is 35.5 Å². The first kappa shape index (κ1) is 65.6. The van der Waals surface area contributed by atoms with Gasteiger partial charge in [-0.1, -0.05) is 130 Å². The van der Waals surface area contributed by atoms with Crippen LogP contribution in [-0.2, 0) is 77.3 Å². The van der Waals surface area contributed by atoms with Gasteiger partial charge in [-0.25, -0.2) is 19.6 Å². The summed E-state index contributed by atoms with van der Waals surface area (Å²) >= 11 is 0. The highest BCUT2D eigenvalue weighted by atomic mass is 16.6. The minimum absolute atomic E-state index is 0.0487. The molecule has 0 spiro atoms. The lowest BCUT2D eigenvalue weighted by Crippen LogP contribution is -2.54. The number of imidazole rings is 2. The van der Waals surface area contributed by atoms with Crippen molar-refractivity contribution >= 4 is 58.0 Å². The van der Waals surface area contributed by atoms with E-state index < -0.39 is 60.4 Å². The minimum atomic E-state index is -0.836. The molecular formula is C72H94N10O10. The summed E-state index contributed by atoms with van der Waals surface area (Å²) in [5.74, 6) is -0.467. The SMILES string of the molecule is COC(=O)N[C@H](C(=O)N1C(c2nc3ccc(-c4cc5ccc4CCc4ccc(c(-c6ccc7nc(C8C[C@@H]9CCCC[C@@H]9N8C(=O)[C@@H](NC(=O)OC)C(C)C)n(COC(=O)[C@@H](N)C(C)C)c7c6)c4)CC5)cc3n2COC(=O)[C@@H](N)C(C)C)C[C@@H]2CCCCC21)C(C)C. The highest BCUT2D eigenvalue weighted by Crippen LogP contribution is 2.49. The van der Waals surface area contributed by atoms with Gasteiger partial charge in [-0.3, -0.25) is 28.3 Å². The van der Waals surface area contributed by atoms with Crippen LogP contribution in [0.15, 0.2) is 72.8 Å². The zero-order chi connectivity index (χ0) is 65.4. The molecule has 2 saturated heterocycles. The van der Waals surface area contributed by atoms with Crippen LogP contribution in [0.4, 0.5) is 9.59 Å². The van der Waals surface area contributed by atoms with Crippen LogP contribution in [0.2, 0.25) is 0 Å². The summed E-state index contributed by atoms with van der Waals surface area (Å²) in [6.45, 7) is 14.9. The van der Waals surface area contributed by atoms with E-state index in [1.54, 1.807) is 0 Å². The van der Waals surface area contributed by atoms with E-state index in [1.807, 2.05) is 86.5 Å². The molecule has 4 amide bonds. The van der Waals surface area contributed by atoms with Crippen molar-refractivity contribution in [1.29, 1.82) is 0 Å². The molecule has 6 N–H and O–H groups in total. The molecule has 92 heavy (non-hydrogen) atoms. The lowest BCUT2D eigenvalue weighted by atomic mass is 9.84. The Hall–Kier alpha value is -7.84. The van der Waals surface area contributed by atoms with Gasteiger partial charge in [0.1, 0.15) is 35.8 Å². The van der Waals surface area contributed by atoms with E-state index >= 15 is 9.59 Å². The Bertz CT molecular complexity index is 3500. The van der Waals surface area contributed by atoms with Crippen LogP contribution in [0.5, 0.6) is 0 Å². The van der Waals surface area contributed by atoms with Crippen LogP contribution >= 0.6 is 0 Å². The van der Waals surface area contributed by atoms with Gasteiger partial charge in [0.2, 0.25) is 11.8 Å². The molecular weight excluding hydrogens is 1160 g/mol. The molecule has 6 aliphatic carbocycles. The molecule has 6 aromatic rings. The van der Waals surface area contributed by atoms with Gasteiger partial charge in [0, 0.05) is 12.1 Å². The highest BCUT2D eigenvalue weighted by molar-refractivity contribution is 5.90. The van der Waals surface area contributed by atoms with Crippen molar-refractivity contribution in [3.8, 4) is 22.3 Å². The quantitative estimate of drug-likeness (QED) is 0.0461. The number of rotatable bonds is 18. The Morgan fingerprint density at radius 1 is 0.511 bits per heavy atom. The number of esters is 2. The molecule has 8 aliphatic rings. The average molecular weight is 1260 g/mol. The number of hydrogen-bond donors (Lipinski definition) is 4. The van der Waals surface area contributed by atoms with Crippen molar-refractivity contribution in [3.63, 3.8) is 0 Å². The second-order valence-electron chi connectivity index (χ2n) is 27.8. The predicted octanol–water partition coefficient (Wildman–Crippen LogP) is 11.0. The highest BCUT2D eigenvalue weighted by Gasteiger charge is 2.51. The monoisotopic (exact) mass is 1260 g/mol. The molecule has 3 unspecified atom stereocenters. The van der Waals surface area contributed by atoms with Gasteiger partial charge in [0.25, 0.3) is 0 Å². The molecule has 4 heterocycles. The van der Waals surface area contributed by atoms with Gasteiger partial charge in [0.05, 0.1) is 48.4 Å². The summed E-state index contributed by atoms with van der Waals surface area (Å²) in [5, 5.41) is 5.67. The Kier molecular flexibility index (Phi) is 19.8. The van der Waals surface area contributed by atoms with E-state index in [9.17, 15) is 19.2 Å². The minimum Gasteiger partial charge on any atom is -0.453 e. The third-order valence-corrected chi connectivity index (χ3v) is 20.6. The van der Waals surface area contributed by atoms with E-state index in [-0.39, 0.29) is 72.9 Å². The number of fused-ring (bicyclic) bond motifs is 4. The number of nitrogens with one attached hydrogen (secondary N) is 2. The van der Waals surface area contributed by atoms with Gasteiger partial charge in [-0.2, -0.15) is 0 Å². The van der Waals surface area contributed by atoms with Gasteiger partial charge >= 0.3 is 24.1 Å². The van der Waals surface area contributed by atoms with Crippen LogP contribution < -0.4 is 22.1 Å². The first-order chi connectivity index (χ1) is 44.1. The zero-order valence-corrected chi connectivity index (χ0v) is 55.2. The van der Waals surface area contributed by atoms with Gasteiger partial charge in [0.15, 0.2) is 13.5 Å². The Balaban J connectivity index is 0.940. The topological polar surface area (TPSA) is 258 Å². The molecule has 4 bridgehead atoms. The Labute approximate surface area is 540 Å². The van der Waals surface area contributed by atoms with Crippen molar-refractivity contribution in [2.45, 2.75) is 207 Å². The molecule has 4 aromatic carbocycles. The summed E-state index contributed by atoms with van der Waals surface area (Å²) in [6.07, 6.45) is 10.7. The van der Waals surface area contributed by atoms with E-state index in [1.165, 1.54) is 25.3 Å². The molecule has 2 saturated carbocycles. The molecule has 20 heteroatoms. The third kappa shape index (κ3) is 13.2. The fraction of sp³-hybridized carbons (Fsp3) is 0.556. The predicted molar refractivity (Wildman–Crippen MR) is 351 cm³/mol. The second kappa shape index (κ2) is 27.8. The summed E-state index contributed by atoms with van der Waals surface area (Å²) in [4.78, 5) is 97.3. The molecule has 2 aromatic heterocycles. The van der Waals surface area contributed by atoms with Crippen LogP contribution in [0.25, 0.3) is 44.3 Å². The smallest absolute Gasteiger partial charge is 0.407 e. The molecule has 2 aliphatic heterocycles. The van der Waals surface area contributed by atoms with Crippen LogP contribution in [0.1, 0.15) is 166 Å². The summed E-state index contributed by atoms with van der Waals surface area (Å²) in [6, 6.07) is 21.8. The van der Waals surface area contributed by atoms with Crippen molar-refractivity contribution in [2.24, 2.45) is 47.0 Å². The number of aryl methyl sites for hydroxylation is 4. The molecule has 492 valence electrons. The van der Waals surface area contributed by atoms with Crippen LogP contribution in [0.3, 0.4) is 0 Å². The van der Waals surface area contributed by atoms with Crippen LogP contribution in [-0.4, -0.2) is 115 Å². The van der Waals surface area contributed by atoms with Crippen molar-refractivity contribution < 1.29 is 47.7 Å². The maximum Gasteiger partial charge on any atom is 0.407 e. The normalized spacial score (nSPS) is 21.8. The second-order valence-corrected chi connectivity index (χ2v) is 27.8. The number of alkyl carbamates (subject to hydrolysis) is 2. The molecule has 4 fully saturated rings. The maximum absolute atomic E-state index is 15.0. The summed E-state index contributed by atoms with van der Waals surface area (Å²) in [7, 11) is 2.60. The number of hydrogen-bond acceptors (Lipinski definition) is 14. The van der Waals surface area contributed by atoms with Crippen molar-refractivity contribution in [3.05, 3.63) is 107 Å². The molecule has 20 nitrogen and oxygen atoms in total. The number of carbonyl (C=O) groups excluding carboxylic acids is 6. The summed E-state index contributed by atoms with van der Waals surface area (Å²) < 4.78 is 26.1. The van der Waals surface area contributed by atoms with Crippen molar-refractivity contribution in [2.75, 3.05) is 14.2 Å². The standard InChI is InChI=1S/C72H94N10O10/c1-39(2)61(73)69(85)91-37-79-57-33-47(27-29-53(57)75-65(79)59-35-49-15-11-13-17-55(49)81(59)67(83)63(41(5)6)77-71(87)89-9)51-31-43-19-23-45(51)25-21-44-20-24-46(26-22-43)52(32-44)48-28-30-54-58(34-48)80(38-92-70(86)62(74)40(3)4)66(76-54)60-36-50-16-12-14-18-56(50)82(60)68(84)64(42(7)8)78-72(88)90-10/h19-20,23-24,27-34,39-42,49-50,55-56,59-64H,11-18,21-22,25-26,35-38,73-74H2,1-10H3,(H,77,87)(H,78,88)/t49-,50-,55-,56?,59?,60?,61-,62-,63-,64-/m0/s1. The van der Waals surface area contributed by atoms with E-state index in [2.05, 4.69) is 71.3 Å². The third-order valence-electron chi connectivity index (χ3n) is 20.6. The average Bonchev–Trinajstić information content (AvgIpc) is 1.59. The molecule has 10 atom stereocenters. The number of ether oxygens (including phenoxy) is 4. The Morgan fingerprint density at radius 3 is 1.27 bits per heavy atom. The lowest BCUT2D eigenvalue weighted by molar-refractivity contribution is -0.151. The van der Waals surface area contributed by atoms with Gasteiger partial charge < -0.3 is 50.8 Å². The number of benzene rings is 4. The number of aromatic nitrogens is 4. The molecule has 14 rings (SSSR count). The van der Waals surface area contributed by atoms with E-state index in [4.69, 9.17) is 40.4 Å². The zero-order valence-electron chi connectivity index (χ0n) is 55.2. The number of carbonyl (C=O) groups is 6. The van der Waals surface area contributed by atoms with E-state index in [0.717, 1.165) is 121 Å². The fourth-order valence-corrected chi connectivity index (χ4v) is 15.2. The first-order valence-electron chi connectivity index (χ1n) is 33.6. The Morgan fingerprint density at radius 2 is 0.902 bits per heavy atom. The number of likely N-dealkylation sites (tertiary alicyclic amines) is 2. The fourth-order valence-electron chi connectivity index (χ4n) is 15.2. The lowest BCUT2D eigenvalue weighted by Gasteiger charge is -2.37. The number of nitrogens with two attached hydrogens (primary N) is 2. The molecule has 0 radical (unpaired) electrons. The first-order valence-corrected chi connectivity index (χ1v) is 33.6. The van der Waals surface area contributed by atoms with Crippen molar-refractivity contribution in [1.82, 2.24) is 39.5 Å². The number of amides is 4. The largest absolute Gasteiger partial charge is 0.453 e. The maximum atomic E-state index is 15.0.